The Morgan fingerprint density at radius 3 is 2.63 bits per heavy atom. The Morgan fingerprint density at radius 2 is 1.93 bits per heavy atom. The van der Waals surface area contributed by atoms with E-state index in [9.17, 15) is 9.18 Å². The minimum atomic E-state index is -0.134. The van der Waals surface area contributed by atoms with Crippen molar-refractivity contribution in [1.82, 2.24) is 14.8 Å². The summed E-state index contributed by atoms with van der Waals surface area (Å²) in [6.07, 6.45) is 6.80. The summed E-state index contributed by atoms with van der Waals surface area (Å²) in [5.74, 6) is 0.520. The zero-order valence-electron chi connectivity index (χ0n) is 17.8. The summed E-state index contributed by atoms with van der Waals surface area (Å²) in [5.41, 5.74) is 1.88. The largest absolute Gasteiger partial charge is 0.383 e. The van der Waals surface area contributed by atoms with Crippen molar-refractivity contribution in [2.45, 2.75) is 32.2 Å². The number of pyridine rings is 1. The van der Waals surface area contributed by atoms with Crippen LogP contribution in [-0.4, -0.2) is 60.6 Å². The van der Waals surface area contributed by atoms with E-state index in [0.717, 1.165) is 50.0 Å². The molecule has 1 aliphatic heterocycles. The van der Waals surface area contributed by atoms with Gasteiger partial charge < -0.3 is 9.64 Å². The highest BCUT2D eigenvalue weighted by Crippen LogP contribution is 2.21. The number of rotatable bonds is 10. The summed E-state index contributed by atoms with van der Waals surface area (Å²) in [5, 5.41) is 0. The van der Waals surface area contributed by atoms with E-state index in [0.29, 0.717) is 32.0 Å². The second kappa shape index (κ2) is 11.8. The van der Waals surface area contributed by atoms with Crippen molar-refractivity contribution in [3.63, 3.8) is 0 Å². The fourth-order valence-corrected chi connectivity index (χ4v) is 3.98. The highest BCUT2D eigenvalue weighted by atomic mass is 19.1. The zero-order valence-corrected chi connectivity index (χ0v) is 17.8. The Hall–Kier alpha value is -2.31. The summed E-state index contributed by atoms with van der Waals surface area (Å²) >= 11 is 0. The molecule has 0 unspecified atom stereocenters. The molecule has 162 valence electrons. The van der Waals surface area contributed by atoms with Gasteiger partial charge in [0, 0.05) is 51.1 Å². The third-order valence-corrected chi connectivity index (χ3v) is 5.83. The molecule has 3 rings (SSSR count). The third-order valence-electron chi connectivity index (χ3n) is 5.83. The first kappa shape index (κ1) is 22.4. The number of ether oxygens (including phenoxy) is 1. The second-order valence-corrected chi connectivity index (χ2v) is 8.00. The summed E-state index contributed by atoms with van der Waals surface area (Å²) < 4.78 is 19.1. The van der Waals surface area contributed by atoms with E-state index < -0.39 is 0 Å². The van der Waals surface area contributed by atoms with Gasteiger partial charge in [-0.15, -0.1) is 0 Å². The van der Waals surface area contributed by atoms with Gasteiger partial charge in [0.25, 0.3) is 0 Å². The topological polar surface area (TPSA) is 45.7 Å². The van der Waals surface area contributed by atoms with E-state index in [2.05, 4.69) is 9.88 Å². The minimum Gasteiger partial charge on any atom is -0.383 e. The molecule has 5 nitrogen and oxygen atoms in total. The lowest BCUT2D eigenvalue weighted by atomic mass is 9.95. The molecule has 0 spiro atoms. The van der Waals surface area contributed by atoms with Gasteiger partial charge in [-0.1, -0.05) is 18.2 Å². The minimum absolute atomic E-state index is 0.134. The molecule has 0 N–H and O–H groups in total. The van der Waals surface area contributed by atoms with Gasteiger partial charge in [-0.2, -0.15) is 0 Å². The quantitative estimate of drug-likeness (QED) is 0.598. The number of methoxy groups -OCH3 is 1. The van der Waals surface area contributed by atoms with Crippen LogP contribution in [0.25, 0.3) is 0 Å². The number of aryl methyl sites for hydroxylation is 1. The average molecular weight is 414 g/mol. The van der Waals surface area contributed by atoms with Crippen LogP contribution in [0.2, 0.25) is 0 Å². The molecular formula is C24H32FN3O2. The predicted octanol–water partition coefficient (Wildman–Crippen LogP) is 3.54. The normalized spacial score (nSPS) is 15.3. The van der Waals surface area contributed by atoms with Crippen molar-refractivity contribution in [1.29, 1.82) is 0 Å². The lowest BCUT2D eigenvalue weighted by Crippen LogP contribution is -2.42. The number of hydrogen-bond donors (Lipinski definition) is 0. The molecular weight excluding hydrogens is 381 g/mol. The van der Waals surface area contributed by atoms with Gasteiger partial charge in [0.05, 0.1) is 6.61 Å². The van der Waals surface area contributed by atoms with Crippen LogP contribution in [-0.2, 0) is 22.5 Å². The number of benzene rings is 1. The van der Waals surface area contributed by atoms with Crippen molar-refractivity contribution in [2.24, 2.45) is 5.92 Å². The van der Waals surface area contributed by atoms with E-state index in [-0.39, 0.29) is 11.7 Å². The number of likely N-dealkylation sites (tertiary alicyclic amines) is 1. The van der Waals surface area contributed by atoms with Crippen LogP contribution in [0.3, 0.4) is 0 Å². The van der Waals surface area contributed by atoms with E-state index >= 15 is 0 Å². The predicted molar refractivity (Wildman–Crippen MR) is 115 cm³/mol. The molecule has 30 heavy (non-hydrogen) atoms. The third kappa shape index (κ3) is 6.89. The van der Waals surface area contributed by atoms with E-state index in [1.54, 1.807) is 25.6 Å². The molecule has 2 heterocycles. The van der Waals surface area contributed by atoms with Gasteiger partial charge in [-0.05, 0) is 62.0 Å². The number of aromatic nitrogens is 1. The maximum absolute atomic E-state index is 13.9. The smallest absolute Gasteiger partial charge is 0.222 e. The SMILES string of the molecule is COCCN(CC1CCN(Cc2ccccc2F)CC1)C(=O)CCc1ccncc1. The molecule has 1 amide bonds. The Morgan fingerprint density at radius 1 is 1.20 bits per heavy atom. The molecule has 1 aliphatic rings. The lowest BCUT2D eigenvalue weighted by Gasteiger charge is -2.35. The maximum atomic E-state index is 13.9. The van der Waals surface area contributed by atoms with Crippen molar-refractivity contribution in [3.05, 3.63) is 65.7 Å². The molecule has 0 aliphatic carbocycles. The lowest BCUT2D eigenvalue weighted by molar-refractivity contribution is -0.132. The van der Waals surface area contributed by atoms with Crippen LogP contribution in [0, 0.1) is 11.7 Å². The van der Waals surface area contributed by atoms with Gasteiger partial charge in [-0.3, -0.25) is 14.7 Å². The average Bonchev–Trinajstić information content (AvgIpc) is 2.78. The van der Waals surface area contributed by atoms with Crippen LogP contribution in [0.15, 0.2) is 48.8 Å². The molecule has 0 saturated carbocycles. The van der Waals surface area contributed by atoms with Crippen molar-refractivity contribution in [3.8, 4) is 0 Å². The number of carbonyl (C=O) groups is 1. The van der Waals surface area contributed by atoms with Gasteiger partial charge in [0.15, 0.2) is 0 Å². The zero-order chi connectivity index (χ0) is 21.2. The summed E-state index contributed by atoms with van der Waals surface area (Å²) in [7, 11) is 1.67. The van der Waals surface area contributed by atoms with Crippen molar-refractivity contribution in [2.75, 3.05) is 39.9 Å². The first-order chi connectivity index (χ1) is 14.7. The molecule has 1 aromatic carbocycles. The molecule has 1 saturated heterocycles. The molecule has 2 aromatic rings. The van der Waals surface area contributed by atoms with E-state index in [4.69, 9.17) is 4.74 Å². The van der Waals surface area contributed by atoms with Crippen LogP contribution < -0.4 is 0 Å². The number of nitrogens with zero attached hydrogens (tertiary/aromatic N) is 3. The highest BCUT2D eigenvalue weighted by molar-refractivity contribution is 5.76. The second-order valence-electron chi connectivity index (χ2n) is 8.00. The first-order valence-corrected chi connectivity index (χ1v) is 10.8. The van der Waals surface area contributed by atoms with Gasteiger partial charge in [-0.25, -0.2) is 4.39 Å². The van der Waals surface area contributed by atoms with Crippen molar-refractivity contribution < 1.29 is 13.9 Å². The number of amides is 1. The Balaban J connectivity index is 1.47. The number of carbonyl (C=O) groups excluding carboxylic acids is 1. The Kier molecular flexibility index (Phi) is 8.78. The maximum Gasteiger partial charge on any atom is 0.222 e. The van der Waals surface area contributed by atoms with Crippen LogP contribution >= 0.6 is 0 Å². The van der Waals surface area contributed by atoms with E-state index in [1.807, 2.05) is 29.2 Å². The summed E-state index contributed by atoms with van der Waals surface area (Å²) in [4.78, 5) is 21.1. The van der Waals surface area contributed by atoms with Crippen LogP contribution in [0.4, 0.5) is 4.39 Å². The van der Waals surface area contributed by atoms with Gasteiger partial charge in [0.1, 0.15) is 5.82 Å². The molecule has 1 fully saturated rings. The Labute approximate surface area is 178 Å². The Bertz CT molecular complexity index is 779. The summed E-state index contributed by atoms with van der Waals surface area (Å²) in [6.45, 7) is 4.46. The molecule has 6 heteroatoms. The van der Waals surface area contributed by atoms with Gasteiger partial charge in [0.2, 0.25) is 5.91 Å². The monoisotopic (exact) mass is 413 g/mol. The first-order valence-electron chi connectivity index (χ1n) is 10.8. The fourth-order valence-electron chi connectivity index (χ4n) is 3.98. The summed E-state index contributed by atoms with van der Waals surface area (Å²) in [6, 6.07) is 10.9. The molecule has 1 aromatic heterocycles. The fraction of sp³-hybridized carbons (Fsp3) is 0.500. The standard InChI is InChI=1S/C24H32FN3O2/c1-30-17-16-28(24(29)7-6-20-8-12-26-13-9-20)18-21-10-14-27(15-11-21)19-22-4-2-3-5-23(22)25/h2-5,8-9,12-13,21H,6-7,10-11,14-19H2,1H3. The highest BCUT2D eigenvalue weighted by Gasteiger charge is 2.24. The number of halogens is 1. The van der Waals surface area contributed by atoms with Crippen LogP contribution in [0.5, 0.6) is 0 Å². The number of hydrogen-bond acceptors (Lipinski definition) is 4. The van der Waals surface area contributed by atoms with Crippen LogP contribution in [0.1, 0.15) is 30.4 Å². The van der Waals surface area contributed by atoms with Crippen molar-refractivity contribution >= 4 is 5.91 Å². The number of piperidine rings is 1. The van der Waals surface area contributed by atoms with Gasteiger partial charge >= 0.3 is 0 Å². The molecule has 0 atom stereocenters. The van der Waals surface area contributed by atoms with E-state index in [1.165, 1.54) is 6.07 Å². The molecule has 0 radical (unpaired) electrons. The molecule has 0 bridgehead atoms.